The van der Waals surface area contributed by atoms with Gasteiger partial charge in [0, 0.05) is 23.3 Å². The molecule has 0 unspecified atom stereocenters. The van der Waals surface area contributed by atoms with Gasteiger partial charge in [0.2, 0.25) is 0 Å². The fourth-order valence-corrected chi connectivity index (χ4v) is 2.13. The molecule has 0 bridgehead atoms. The Hall–Kier alpha value is -2.86. The minimum absolute atomic E-state index is 0.291. The van der Waals surface area contributed by atoms with E-state index in [1.165, 1.54) is 18.3 Å². The van der Waals surface area contributed by atoms with Crippen LogP contribution in [0.25, 0.3) is 10.9 Å². The first-order valence-electron chi connectivity index (χ1n) is 6.43. The van der Waals surface area contributed by atoms with E-state index in [1.807, 2.05) is 24.3 Å². The molecule has 0 saturated heterocycles. The topological polar surface area (TPSA) is 86.9 Å². The Morgan fingerprint density at radius 3 is 2.59 bits per heavy atom. The normalized spacial score (nSPS) is 10.4. The molecular weight excluding hydrogens is 304 g/mol. The molecule has 0 saturated carbocycles. The van der Waals surface area contributed by atoms with E-state index in [9.17, 15) is 9.59 Å². The van der Waals surface area contributed by atoms with E-state index in [0.29, 0.717) is 16.3 Å². The molecule has 0 fully saturated rings. The molecule has 7 heteroatoms. The number of pyridine rings is 1. The van der Waals surface area contributed by atoms with Crippen LogP contribution in [0.3, 0.4) is 0 Å². The predicted molar refractivity (Wildman–Crippen MR) is 82.5 cm³/mol. The molecule has 0 aliphatic rings. The number of aromatic amines is 1. The van der Waals surface area contributed by atoms with E-state index >= 15 is 0 Å². The number of rotatable bonds is 2. The van der Waals surface area contributed by atoms with Crippen molar-refractivity contribution in [1.82, 2.24) is 20.8 Å². The summed E-state index contributed by atoms with van der Waals surface area (Å²) in [5.74, 6) is -0.884. The van der Waals surface area contributed by atoms with Crippen LogP contribution in [0.4, 0.5) is 0 Å². The van der Waals surface area contributed by atoms with Crippen molar-refractivity contribution in [1.29, 1.82) is 0 Å². The zero-order chi connectivity index (χ0) is 15.5. The second-order valence-electron chi connectivity index (χ2n) is 4.53. The summed E-state index contributed by atoms with van der Waals surface area (Å²) in [6.45, 7) is 0. The number of benzene rings is 1. The first-order valence-corrected chi connectivity index (χ1v) is 6.81. The van der Waals surface area contributed by atoms with Crippen LogP contribution in [0.5, 0.6) is 0 Å². The molecule has 3 rings (SSSR count). The van der Waals surface area contributed by atoms with E-state index in [4.69, 9.17) is 11.6 Å². The summed E-state index contributed by atoms with van der Waals surface area (Å²) < 4.78 is 0. The largest absolute Gasteiger partial charge is 0.360 e. The Balaban J connectivity index is 1.70. The summed E-state index contributed by atoms with van der Waals surface area (Å²) in [7, 11) is 0. The highest BCUT2D eigenvalue weighted by Crippen LogP contribution is 2.17. The molecule has 2 heterocycles. The number of aromatic nitrogens is 2. The number of para-hydroxylation sites is 1. The van der Waals surface area contributed by atoms with Crippen LogP contribution >= 0.6 is 11.6 Å². The quantitative estimate of drug-likeness (QED) is 0.501. The lowest BCUT2D eigenvalue weighted by atomic mass is 10.2. The van der Waals surface area contributed by atoms with Crippen LogP contribution in [0, 0.1) is 0 Å². The Morgan fingerprint density at radius 1 is 1.05 bits per heavy atom. The molecule has 110 valence electrons. The second-order valence-corrected chi connectivity index (χ2v) is 4.91. The van der Waals surface area contributed by atoms with Crippen molar-refractivity contribution in [2.45, 2.75) is 0 Å². The molecule has 6 nitrogen and oxygen atoms in total. The molecular formula is C15H11ClN4O2. The van der Waals surface area contributed by atoms with Crippen molar-refractivity contribution in [2.75, 3.05) is 0 Å². The van der Waals surface area contributed by atoms with Crippen LogP contribution in [-0.4, -0.2) is 21.8 Å². The highest BCUT2D eigenvalue weighted by Gasteiger charge is 2.13. The maximum Gasteiger partial charge on any atom is 0.271 e. The van der Waals surface area contributed by atoms with Crippen molar-refractivity contribution in [2.24, 2.45) is 0 Å². The van der Waals surface area contributed by atoms with Crippen LogP contribution in [0.15, 0.2) is 48.8 Å². The van der Waals surface area contributed by atoms with Gasteiger partial charge in [0.1, 0.15) is 5.15 Å². The van der Waals surface area contributed by atoms with E-state index in [1.54, 1.807) is 6.20 Å². The van der Waals surface area contributed by atoms with Gasteiger partial charge in [0.15, 0.2) is 0 Å². The highest BCUT2D eigenvalue weighted by molar-refractivity contribution is 6.29. The minimum atomic E-state index is -0.475. The summed E-state index contributed by atoms with van der Waals surface area (Å²) in [5, 5.41) is 1.07. The third-order valence-electron chi connectivity index (χ3n) is 3.11. The predicted octanol–water partition coefficient (Wildman–Crippen LogP) is 2.29. The molecule has 0 aliphatic heterocycles. The van der Waals surface area contributed by atoms with Gasteiger partial charge in [0.25, 0.3) is 11.8 Å². The summed E-state index contributed by atoms with van der Waals surface area (Å²) in [4.78, 5) is 30.8. The van der Waals surface area contributed by atoms with Crippen LogP contribution in [-0.2, 0) is 0 Å². The van der Waals surface area contributed by atoms with Gasteiger partial charge in [-0.25, -0.2) is 4.98 Å². The molecule has 0 spiro atoms. The minimum Gasteiger partial charge on any atom is -0.360 e. The van der Waals surface area contributed by atoms with Crippen molar-refractivity contribution >= 4 is 34.3 Å². The van der Waals surface area contributed by atoms with E-state index in [0.717, 1.165) is 10.9 Å². The number of H-pyrrole nitrogens is 1. The van der Waals surface area contributed by atoms with Gasteiger partial charge in [-0.2, -0.15) is 0 Å². The van der Waals surface area contributed by atoms with Crippen LogP contribution < -0.4 is 10.9 Å². The SMILES string of the molecule is O=C(NNC(=O)c1c[nH]c2ccccc12)c1ccc(Cl)nc1. The van der Waals surface area contributed by atoms with Crippen molar-refractivity contribution in [3.8, 4) is 0 Å². The third kappa shape index (κ3) is 2.77. The molecule has 3 N–H and O–H groups in total. The Morgan fingerprint density at radius 2 is 1.82 bits per heavy atom. The molecule has 3 aromatic rings. The maximum atomic E-state index is 12.1. The van der Waals surface area contributed by atoms with Gasteiger partial charge in [-0.3, -0.25) is 20.4 Å². The number of hydrogen-bond acceptors (Lipinski definition) is 3. The Kier molecular flexibility index (Phi) is 3.76. The van der Waals surface area contributed by atoms with E-state index in [2.05, 4.69) is 20.8 Å². The summed E-state index contributed by atoms with van der Waals surface area (Å²) in [5.41, 5.74) is 6.30. The van der Waals surface area contributed by atoms with Crippen LogP contribution in [0.2, 0.25) is 5.15 Å². The molecule has 2 amide bonds. The second kappa shape index (κ2) is 5.87. The number of carbonyl (C=O) groups is 2. The van der Waals surface area contributed by atoms with Gasteiger partial charge in [-0.1, -0.05) is 29.8 Å². The van der Waals surface area contributed by atoms with Crippen molar-refractivity contribution in [3.63, 3.8) is 0 Å². The molecule has 0 radical (unpaired) electrons. The van der Waals surface area contributed by atoms with Crippen molar-refractivity contribution in [3.05, 3.63) is 65.1 Å². The number of amides is 2. The van der Waals surface area contributed by atoms with Crippen LogP contribution in [0.1, 0.15) is 20.7 Å². The number of fused-ring (bicyclic) bond motifs is 1. The lowest BCUT2D eigenvalue weighted by Gasteiger charge is -2.06. The van der Waals surface area contributed by atoms with E-state index < -0.39 is 11.8 Å². The Labute approximate surface area is 130 Å². The summed E-state index contributed by atoms with van der Waals surface area (Å²) in [6.07, 6.45) is 2.92. The smallest absolute Gasteiger partial charge is 0.271 e. The molecule has 2 aromatic heterocycles. The lowest BCUT2D eigenvalue weighted by molar-refractivity contribution is 0.0847. The molecule has 1 aromatic carbocycles. The maximum absolute atomic E-state index is 12.1. The number of nitrogens with zero attached hydrogens (tertiary/aromatic N) is 1. The third-order valence-corrected chi connectivity index (χ3v) is 3.34. The molecule has 0 atom stereocenters. The fourth-order valence-electron chi connectivity index (χ4n) is 2.02. The average Bonchev–Trinajstić information content (AvgIpc) is 2.97. The zero-order valence-electron chi connectivity index (χ0n) is 11.3. The summed E-state index contributed by atoms with van der Waals surface area (Å²) in [6, 6.07) is 10.4. The van der Waals surface area contributed by atoms with Gasteiger partial charge in [-0.15, -0.1) is 0 Å². The first-order chi connectivity index (χ1) is 10.6. The monoisotopic (exact) mass is 314 g/mol. The number of hydrazine groups is 1. The Bertz CT molecular complexity index is 842. The van der Waals surface area contributed by atoms with E-state index in [-0.39, 0.29) is 0 Å². The zero-order valence-corrected chi connectivity index (χ0v) is 12.0. The molecule has 22 heavy (non-hydrogen) atoms. The number of halogens is 1. The van der Waals surface area contributed by atoms with Gasteiger partial charge >= 0.3 is 0 Å². The number of hydrogen-bond donors (Lipinski definition) is 3. The molecule has 0 aliphatic carbocycles. The van der Waals surface area contributed by atoms with Gasteiger partial charge < -0.3 is 4.98 Å². The first kappa shape index (κ1) is 14.1. The van der Waals surface area contributed by atoms with Gasteiger partial charge in [-0.05, 0) is 18.2 Å². The standard InChI is InChI=1S/C15H11ClN4O2/c16-13-6-5-9(7-18-13)14(21)19-20-15(22)11-8-17-12-4-2-1-3-10(11)12/h1-8,17H,(H,19,21)(H,20,22). The fraction of sp³-hybridized carbons (Fsp3) is 0. The highest BCUT2D eigenvalue weighted by atomic mass is 35.5. The number of carbonyl (C=O) groups excluding carboxylic acids is 2. The van der Waals surface area contributed by atoms with Crippen molar-refractivity contribution < 1.29 is 9.59 Å². The number of nitrogens with one attached hydrogen (secondary N) is 3. The average molecular weight is 315 g/mol. The summed E-state index contributed by atoms with van der Waals surface area (Å²) >= 11 is 5.65. The van der Waals surface area contributed by atoms with Gasteiger partial charge in [0.05, 0.1) is 11.1 Å². The lowest BCUT2D eigenvalue weighted by Crippen LogP contribution is -2.41.